The van der Waals surface area contributed by atoms with Crippen molar-refractivity contribution in [1.29, 1.82) is 0 Å². The van der Waals surface area contributed by atoms with Crippen molar-refractivity contribution in [2.75, 3.05) is 26.2 Å². The molecule has 0 saturated heterocycles. The Morgan fingerprint density at radius 2 is 2.06 bits per heavy atom. The fraction of sp³-hybridized carbons (Fsp3) is 0.571. The van der Waals surface area contributed by atoms with Gasteiger partial charge in [0.2, 0.25) is 0 Å². The van der Waals surface area contributed by atoms with Gasteiger partial charge in [-0.1, -0.05) is 31.2 Å². The van der Waals surface area contributed by atoms with Gasteiger partial charge in [-0.05, 0) is 43.6 Å². The summed E-state index contributed by atoms with van der Waals surface area (Å²) in [6, 6.07) is 8.84. The van der Waals surface area contributed by atoms with Crippen LogP contribution in [0.3, 0.4) is 0 Å². The van der Waals surface area contributed by atoms with Crippen molar-refractivity contribution in [1.82, 2.24) is 10.2 Å². The normalized spacial score (nSPS) is 16.1. The van der Waals surface area contributed by atoms with Crippen molar-refractivity contribution in [3.05, 3.63) is 35.4 Å². The average molecular weight is 218 g/mol. The third-order valence-electron chi connectivity index (χ3n) is 3.29. The van der Waals surface area contributed by atoms with Gasteiger partial charge in [0.25, 0.3) is 0 Å². The minimum absolute atomic E-state index is 1.09. The smallest absolute Gasteiger partial charge is 0.0236 e. The summed E-state index contributed by atoms with van der Waals surface area (Å²) < 4.78 is 0. The van der Waals surface area contributed by atoms with Gasteiger partial charge in [-0.3, -0.25) is 4.90 Å². The lowest BCUT2D eigenvalue weighted by atomic mass is 10.00. The molecule has 2 nitrogen and oxygen atoms in total. The molecule has 88 valence electrons. The molecule has 2 rings (SSSR count). The third kappa shape index (κ3) is 3.06. The second-order valence-electron chi connectivity index (χ2n) is 4.50. The highest BCUT2D eigenvalue weighted by atomic mass is 15.1. The van der Waals surface area contributed by atoms with E-state index < -0.39 is 0 Å². The number of fused-ring (bicyclic) bond motifs is 1. The molecule has 1 aromatic carbocycles. The van der Waals surface area contributed by atoms with Crippen LogP contribution in [0.4, 0.5) is 0 Å². The van der Waals surface area contributed by atoms with E-state index in [0.717, 1.165) is 19.6 Å². The lowest BCUT2D eigenvalue weighted by Crippen LogP contribution is -2.32. The van der Waals surface area contributed by atoms with E-state index in [4.69, 9.17) is 0 Å². The van der Waals surface area contributed by atoms with Gasteiger partial charge in [0.05, 0.1) is 0 Å². The van der Waals surface area contributed by atoms with Gasteiger partial charge in [-0.25, -0.2) is 0 Å². The minimum Gasteiger partial charge on any atom is -0.317 e. The van der Waals surface area contributed by atoms with Crippen LogP contribution in [0.2, 0.25) is 0 Å². The van der Waals surface area contributed by atoms with E-state index in [1.54, 1.807) is 5.56 Å². The molecule has 16 heavy (non-hydrogen) atoms. The minimum atomic E-state index is 1.09. The summed E-state index contributed by atoms with van der Waals surface area (Å²) in [5.41, 5.74) is 3.07. The van der Waals surface area contributed by atoms with Gasteiger partial charge >= 0.3 is 0 Å². The molecule has 0 atom stereocenters. The van der Waals surface area contributed by atoms with Gasteiger partial charge in [-0.15, -0.1) is 0 Å². The summed E-state index contributed by atoms with van der Waals surface area (Å²) in [6.45, 7) is 7.99. The number of benzene rings is 1. The topological polar surface area (TPSA) is 15.3 Å². The predicted molar refractivity (Wildman–Crippen MR) is 68.6 cm³/mol. The van der Waals surface area contributed by atoms with Crippen molar-refractivity contribution in [2.45, 2.75) is 26.3 Å². The van der Waals surface area contributed by atoms with Gasteiger partial charge in [0.15, 0.2) is 0 Å². The van der Waals surface area contributed by atoms with Crippen molar-refractivity contribution in [3.63, 3.8) is 0 Å². The number of nitrogens with zero attached hydrogens (tertiary/aromatic N) is 1. The average Bonchev–Trinajstić information content (AvgIpc) is 2.34. The highest BCUT2D eigenvalue weighted by Gasteiger charge is 2.14. The first kappa shape index (κ1) is 11.6. The summed E-state index contributed by atoms with van der Waals surface area (Å²) in [4.78, 5) is 2.57. The molecule has 0 spiro atoms. The number of hydrogen-bond acceptors (Lipinski definition) is 2. The molecule has 1 heterocycles. The Morgan fingerprint density at radius 1 is 1.25 bits per heavy atom. The largest absolute Gasteiger partial charge is 0.317 e. The molecular formula is C14H22N2. The van der Waals surface area contributed by atoms with Crippen LogP contribution in [0.25, 0.3) is 0 Å². The summed E-state index contributed by atoms with van der Waals surface area (Å²) in [5.74, 6) is 0. The lowest BCUT2D eigenvalue weighted by molar-refractivity contribution is 0.250. The molecule has 2 heteroatoms. The highest BCUT2D eigenvalue weighted by molar-refractivity contribution is 5.28. The monoisotopic (exact) mass is 218 g/mol. The molecule has 1 N–H and O–H groups in total. The molecule has 0 unspecified atom stereocenters. The third-order valence-corrected chi connectivity index (χ3v) is 3.29. The second-order valence-corrected chi connectivity index (χ2v) is 4.50. The first-order chi connectivity index (χ1) is 7.90. The molecule has 0 aliphatic carbocycles. The summed E-state index contributed by atoms with van der Waals surface area (Å²) in [7, 11) is 0. The van der Waals surface area contributed by atoms with Crippen LogP contribution in [-0.4, -0.2) is 31.1 Å². The van der Waals surface area contributed by atoms with Crippen LogP contribution in [0.1, 0.15) is 24.5 Å². The van der Waals surface area contributed by atoms with E-state index in [2.05, 4.69) is 41.4 Å². The molecule has 0 radical (unpaired) electrons. The van der Waals surface area contributed by atoms with Crippen LogP contribution < -0.4 is 5.32 Å². The molecule has 1 aromatic rings. The van der Waals surface area contributed by atoms with Crippen molar-refractivity contribution in [3.8, 4) is 0 Å². The zero-order valence-electron chi connectivity index (χ0n) is 10.2. The van der Waals surface area contributed by atoms with Crippen molar-refractivity contribution < 1.29 is 0 Å². The Balaban J connectivity index is 1.79. The van der Waals surface area contributed by atoms with Crippen molar-refractivity contribution in [2.24, 2.45) is 0 Å². The van der Waals surface area contributed by atoms with Crippen molar-refractivity contribution >= 4 is 0 Å². The highest BCUT2D eigenvalue weighted by Crippen LogP contribution is 2.18. The van der Waals surface area contributed by atoms with E-state index in [9.17, 15) is 0 Å². The first-order valence-electron chi connectivity index (χ1n) is 6.40. The standard InChI is InChI=1S/C14H22N2/c1-2-15-9-5-10-16-11-8-13-6-3-4-7-14(13)12-16/h3-4,6-7,15H,2,5,8-12H2,1H3. The molecule has 1 aliphatic heterocycles. The Bertz CT molecular complexity index is 322. The van der Waals surface area contributed by atoms with E-state index in [-0.39, 0.29) is 0 Å². The van der Waals surface area contributed by atoms with Crippen LogP contribution in [-0.2, 0) is 13.0 Å². The Morgan fingerprint density at radius 3 is 2.88 bits per heavy atom. The van der Waals surface area contributed by atoms with E-state index in [1.165, 1.54) is 31.5 Å². The van der Waals surface area contributed by atoms with Crippen LogP contribution in [0.5, 0.6) is 0 Å². The zero-order valence-corrected chi connectivity index (χ0v) is 10.2. The SMILES string of the molecule is CCNCCCN1CCc2ccccc2C1. The van der Waals surface area contributed by atoms with Crippen LogP contribution in [0.15, 0.2) is 24.3 Å². The number of hydrogen-bond donors (Lipinski definition) is 1. The maximum atomic E-state index is 3.38. The molecule has 0 saturated carbocycles. The molecule has 0 fully saturated rings. The first-order valence-corrected chi connectivity index (χ1v) is 6.40. The Hall–Kier alpha value is -0.860. The molecule has 0 bridgehead atoms. The van der Waals surface area contributed by atoms with E-state index >= 15 is 0 Å². The van der Waals surface area contributed by atoms with Gasteiger partial charge in [0.1, 0.15) is 0 Å². The fourth-order valence-electron chi connectivity index (χ4n) is 2.35. The predicted octanol–water partition coefficient (Wildman–Crippen LogP) is 2.04. The summed E-state index contributed by atoms with van der Waals surface area (Å²) in [5, 5.41) is 3.38. The van der Waals surface area contributed by atoms with Crippen LogP contribution in [0, 0.1) is 0 Å². The quantitative estimate of drug-likeness (QED) is 0.761. The maximum Gasteiger partial charge on any atom is 0.0236 e. The van der Waals surface area contributed by atoms with Crippen LogP contribution >= 0.6 is 0 Å². The fourth-order valence-corrected chi connectivity index (χ4v) is 2.35. The second kappa shape index (κ2) is 6.02. The Kier molecular flexibility index (Phi) is 4.37. The Labute approximate surface area is 98.7 Å². The maximum absolute atomic E-state index is 3.38. The van der Waals surface area contributed by atoms with Gasteiger partial charge in [-0.2, -0.15) is 0 Å². The van der Waals surface area contributed by atoms with E-state index in [1.807, 2.05) is 0 Å². The molecule has 1 aliphatic rings. The van der Waals surface area contributed by atoms with E-state index in [0.29, 0.717) is 0 Å². The van der Waals surface area contributed by atoms with Gasteiger partial charge < -0.3 is 5.32 Å². The number of rotatable bonds is 5. The van der Waals surface area contributed by atoms with Gasteiger partial charge in [0, 0.05) is 13.1 Å². The number of nitrogens with one attached hydrogen (secondary N) is 1. The lowest BCUT2D eigenvalue weighted by Gasteiger charge is -2.28. The molecular weight excluding hydrogens is 196 g/mol. The summed E-state index contributed by atoms with van der Waals surface area (Å²) >= 11 is 0. The molecule has 0 amide bonds. The summed E-state index contributed by atoms with van der Waals surface area (Å²) in [6.07, 6.45) is 2.48. The molecule has 0 aromatic heterocycles. The zero-order chi connectivity index (χ0) is 11.2.